The van der Waals surface area contributed by atoms with Crippen LogP contribution in [0.4, 0.5) is 0 Å². The minimum Gasteiger partial charge on any atom is -0.369 e. The Balaban J connectivity index is 3.50. The van der Waals surface area contributed by atoms with E-state index in [1.54, 1.807) is 0 Å². The minimum absolute atomic E-state index is 0.583. The number of nitrogens with zero attached hydrogens (tertiary/aromatic N) is 1. The lowest BCUT2D eigenvalue weighted by molar-refractivity contribution is 0.0774. The van der Waals surface area contributed by atoms with Gasteiger partial charge in [0.05, 0.1) is 0 Å². The molecule has 0 bridgehead atoms. The van der Waals surface area contributed by atoms with Crippen molar-refractivity contribution in [3.63, 3.8) is 0 Å². The second kappa shape index (κ2) is 6.01. The average Bonchev–Trinajstić information content (AvgIpc) is 1.87. The second-order valence-electron chi connectivity index (χ2n) is 2.38. The van der Waals surface area contributed by atoms with Gasteiger partial charge in [-0.2, -0.15) is 0 Å². The minimum atomic E-state index is -0.583. The van der Waals surface area contributed by atoms with Crippen molar-refractivity contribution in [3.8, 4) is 0 Å². The van der Waals surface area contributed by atoms with Gasteiger partial charge in [-0.25, -0.2) is 0 Å². The molecule has 1 atom stereocenters. The molecule has 2 nitrogen and oxygen atoms in total. The van der Waals surface area contributed by atoms with E-state index >= 15 is 0 Å². The number of hydrogen-bond donors (Lipinski definition) is 2. The molecule has 0 aliphatic carbocycles. The van der Waals surface area contributed by atoms with E-state index in [0.29, 0.717) is 0 Å². The summed E-state index contributed by atoms with van der Waals surface area (Å²) < 4.78 is 0. The van der Waals surface area contributed by atoms with Crippen molar-refractivity contribution in [2.24, 2.45) is 0 Å². The highest BCUT2D eigenvalue weighted by Gasteiger charge is 2.07. The first-order valence-corrected chi connectivity index (χ1v) is 4.34. The van der Waals surface area contributed by atoms with Gasteiger partial charge >= 0.3 is 0 Å². The molecule has 0 aromatic carbocycles. The summed E-state index contributed by atoms with van der Waals surface area (Å²) in [6.07, 6.45) is 2.13. The molecule has 0 radical (unpaired) electrons. The Kier molecular flexibility index (Phi) is 6.17. The molecule has 0 aliphatic heterocycles. The maximum absolute atomic E-state index is 9.06. The Morgan fingerprint density at radius 3 is 1.90 bits per heavy atom. The fourth-order valence-corrected chi connectivity index (χ4v) is 1.15. The highest BCUT2D eigenvalue weighted by molar-refractivity contribution is 7.80. The zero-order valence-corrected chi connectivity index (χ0v) is 7.64. The summed E-state index contributed by atoms with van der Waals surface area (Å²) in [5, 5.41) is 9.06. The Bertz CT molecular complexity index is 72.0. The molecule has 0 aromatic rings. The SMILES string of the molecule is CCCN(CCC)C(O)S. The van der Waals surface area contributed by atoms with E-state index < -0.39 is 5.56 Å². The summed E-state index contributed by atoms with van der Waals surface area (Å²) in [5.74, 6) is 0. The molecule has 3 heteroatoms. The van der Waals surface area contributed by atoms with E-state index in [1.807, 2.05) is 4.90 Å². The van der Waals surface area contributed by atoms with Crippen LogP contribution in [0.2, 0.25) is 0 Å². The summed E-state index contributed by atoms with van der Waals surface area (Å²) >= 11 is 3.94. The number of rotatable bonds is 5. The van der Waals surface area contributed by atoms with Crippen LogP contribution in [0.3, 0.4) is 0 Å². The van der Waals surface area contributed by atoms with Gasteiger partial charge in [-0.1, -0.05) is 13.8 Å². The highest BCUT2D eigenvalue weighted by atomic mass is 32.1. The van der Waals surface area contributed by atoms with Crippen molar-refractivity contribution in [2.75, 3.05) is 13.1 Å². The van der Waals surface area contributed by atoms with Crippen molar-refractivity contribution in [3.05, 3.63) is 0 Å². The van der Waals surface area contributed by atoms with Crippen LogP contribution in [0.25, 0.3) is 0 Å². The fraction of sp³-hybridized carbons (Fsp3) is 1.00. The Hall–Kier alpha value is 0.270. The van der Waals surface area contributed by atoms with Crippen LogP contribution in [0.1, 0.15) is 26.7 Å². The summed E-state index contributed by atoms with van der Waals surface area (Å²) in [6.45, 7) is 6.05. The van der Waals surface area contributed by atoms with Crippen LogP contribution in [0, 0.1) is 0 Å². The van der Waals surface area contributed by atoms with Gasteiger partial charge in [-0.05, 0) is 12.8 Å². The smallest absolute Gasteiger partial charge is 0.152 e. The molecule has 0 rings (SSSR count). The molecule has 0 amide bonds. The molecule has 0 saturated heterocycles. The van der Waals surface area contributed by atoms with Crippen molar-refractivity contribution < 1.29 is 5.11 Å². The van der Waals surface area contributed by atoms with Gasteiger partial charge in [0.2, 0.25) is 0 Å². The average molecular weight is 163 g/mol. The van der Waals surface area contributed by atoms with E-state index in [2.05, 4.69) is 26.5 Å². The molecule has 62 valence electrons. The van der Waals surface area contributed by atoms with Gasteiger partial charge in [-0.15, -0.1) is 12.6 Å². The molecular weight excluding hydrogens is 146 g/mol. The molecule has 1 N–H and O–H groups in total. The van der Waals surface area contributed by atoms with Crippen molar-refractivity contribution in [1.29, 1.82) is 0 Å². The third-order valence-electron chi connectivity index (χ3n) is 1.35. The molecule has 0 aliphatic rings. The summed E-state index contributed by atoms with van der Waals surface area (Å²) in [5.41, 5.74) is -0.583. The van der Waals surface area contributed by atoms with E-state index in [1.165, 1.54) is 0 Å². The quantitative estimate of drug-likeness (QED) is 0.471. The maximum atomic E-state index is 9.06. The van der Waals surface area contributed by atoms with Crippen LogP contribution >= 0.6 is 12.6 Å². The lowest BCUT2D eigenvalue weighted by Crippen LogP contribution is -2.32. The number of aliphatic hydroxyl groups is 1. The first-order valence-electron chi connectivity index (χ1n) is 3.82. The van der Waals surface area contributed by atoms with Crippen molar-refractivity contribution in [2.45, 2.75) is 32.2 Å². The van der Waals surface area contributed by atoms with E-state index in [9.17, 15) is 0 Å². The zero-order chi connectivity index (χ0) is 7.98. The van der Waals surface area contributed by atoms with E-state index in [-0.39, 0.29) is 0 Å². The van der Waals surface area contributed by atoms with Crippen LogP contribution < -0.4 is 0 Å². The Morgan fingerprint density at radius 2 is 1.70 bits per heavy atom. The Morgan fingerprint density at radius 1 is 1.30 bits per heavy atom. The van der Waals surface area contributed by atoms with Gasteiger partial charge in [0.15, 0.2) is 5.56 Å². The largest absolute Gasteiger partial charge is 0.369 e. The lowest BCUT2D eigenvalue weighted by Gasteiger charge is -2.22. The Labute approximate surface area is 68.6 Å². The second-order valence-corrected chi connectivity index (χ2v) is 2.84. The molecule has 0 heterocycles. The highest BCUT2D eigenvalue weighted by Crippen LogP contribution is 2.01. The van der Waals surface area contributed by atoms with Crippen LogP contribution in [0.5, 0.6) is 0 Å². The predicted octanol–water partition coefficient (Wildman–Crippen LogP) is 1.31. The first-order chi connectivity index (χ1) is 4.72. The van der Waals surface area contributed by atoms with E-state index in [0.717, 1.165) is 25.9 Å². The summed E-state index contributed by atoms with van der Waals surface area (Å²) in [4.78, 5) is 1.95. The molecule has 0 fully saturated rings. The lowest BCUT2D eigenvalue weighted by atomic mass is 10.4. The van der Waals surface area contributed by atoms with Crippen LogP contribution in [0.15, 0.2) is 0 Å². The monoisotopic (exact) mass is 163 g/mol. The van der Waals surface area contributed by atoms with Gasteiger partial charge in [0, 0.05) is 13.1 Å². The number of aliphatic hydroxyl groups excluding tert-OH is 1. The summed E-state index contributed by atoms with van der Waals surface area (Å²) in [6, 6.07) is 0. The topological polar surface area (TPSA) is 23.5 Å². The maximum Gasteiger partial charge on any atom is 0.152 e. The van der Waals surface area contributed by atoms with Gasteiger partial charge in [0.1, 0.15) is 0 Å². The zero-order valence-electron chi connectivity index (χ0n) is 6.75. The van der Waals surface area contributed by atoms with Crippen molar-refractivity contribution >= 4 is 12.6 Å². The molecular formula is C7H17NOS. The standard InChI is InChI=1S/C7H17NOS/c1-3-5-8(6-4-2)7(9)10/h7,9-10H,3-6H2,1-2H3. The molecule has 1 unspecified atom stereocenters. The summed E-state index contributed by atoms with van der Waals surface area (Å²) in [7, 11) is 0. The van der Waals surface area contributed by atoms with E-state index in [4.69, 9.17) is 5.11 Å². The molecule has 10 heavy (non-hydrogen) atoms. The van der Waals surface area contributed by atoms with Gasteiger partial charge < -0.3 is 5.11 Å². The predicted molar refractivity (Wildman–Crippen MR) is 47.1 cm³/mol. The first kappa shape index (κ1) is 10.3. The number of thiol groups is 1. The fourth-order valence-electron chi connectivity index (χ4n) is 0.917. The molecule has 0 saturated carbocycles. The van der Waals surface area contributed by atoms with Crippen LogP contribution in [-0.4, -0.2) is 28.7 Å². The normalized spacial score (nSPS) is 14.1. The van der Waals surface area contributed by atoms with Gasteiger partial charge in [0.25, 0.3) is 0 Å². The number of hydrogen-bond acceptors (Lipinski definition) is 3. The molecule has 0 aromatic heterocycles. The third-order valence-corrected chi connectivity index (χ3v) is 1.67. The van der Waals surface area contributed by atoms with Crippen LogP contribution in [-0.2, 0) is 0 Å². The van der Waals surface area contributed by atoms with Gasteiger partial charge in [-0.3, -0.25) is 4.90 Å². The third kappa shape index (κ3) is 4.14. The van der Waals surface area contributed by atoms with Crippen molar-refractivity contribution in [1.82, 2.24) is 4.90 Å². The molecule has 0 spiro atoms.